The molecule has 2 aromatic carbocycles. The Morgan fingerprint density at radius 2 is 1.19 bits per heavy atom. The summed E-state index contributed by atoms with van der Waals surface area (Å²) in [6, 6.07) is 10.3. The SMILES string of the molecule is CC(C)(C)[N+]1=[C-][B-]1(Cl)Cl.Cc1c(C)c(C)[c-](C)c1C.Cc1ccccc1.[C-]#[O+].[C-]#[O+].[Fe+2]. The molecular weight excluding hydrogens is 472 g/mol. The number of rotatable bonds is 0. The first-order valence-corrected chi connectivity index (χ1v) is 10.4. The van der Waals surface area contributed by atoms with Crippen molar-refractivity contribution in [2.45, 2.75) is 67.9 Å². The van der Waals surface area contributed by atoms with Crippen molar-refractivity contribution in [1.29, 1.82) is 0 Å². The van der Waals surface area contributed by atoms with Crippen LogP contribution in [0.3, 0.4) is 0 Å². The molecule has 0 unspecified atom stereocenters. The molecule has 3 nitrogen and oxygen atoms in total. The van der Waals surface area contributed by atoms with Crippen LogP contribution in [0.2, 0.25) is 0 Å². The van der Waals surface area contributed by atoms with Gasteiger partial charge in [-0.1, -0.05) is 70.5 Å². The summed E-state index contributed by atoms with van der Waals surface area (Å²) in [6.45, 7) is 28.2. The average molecular weight is 504 g/mol. The minimum Gasteiger partial charge on any atom is 2.00 e. The van der Waals surface area contributed by atoms with Gasteiger partial charge in [-0.05, 0) is 27.7 Å². The van der Waals surface area contributed by atoms with E-state index in [-0.39, 0.29) is 22.6 Å². The predicted octanol–water partition coefficient (Wildman–Crippen LogP) is 6.58. The summed E-state index contributed by atoms with van der Waals surface area (Å²) < 4.78 is 16.8. The Kier molecular flexibility index (Phi) is 17.4. The van der Waals surface area contributed by atoms with Crippen molar-refractivity contribution in [3.05, 3.63) is 77.0 Å². The second kappa shape index (κ2) is 15.6. The minimum atomic E-state index is -1.40. The van der Waals surface area contributed by atoms with Gasteiger partial charge in [0.15, 0.2) is 0 Å². The first-order chi connectivity index (χ1) is 13.8. The van der Waals surface area contributed by atoms with Gasteiger partial charge < -0.3 is 33.5 Å². The van der Waals surface area contributed by atoms with Crippen molar-refractivity contribution in [2.24, 2.45) is 0 Å². The van der Waals surface area contributed by atoms with Gasteiger partial charge in [0.2, 0.25) is 0 Å². The molecule has 0 saturated carbocycles. The van der Waals surface area contributed by atoms with Crippen LogP contribution in [0.25, 0.3) is 0 Å². The zero-order valence-electron chi connectivity index (χ0n) is 19.8. The molecule has 1 aliphatic heterocycles. The molecule has 0 atom stereocenters. The van der Waals surface area contributed by atoms with Gasteiger partial charge >= 0.3 is 39.7 Å². The summed E-state index contributed by atoms with van der Waals surface area (Å²) in [6.07, 6.45) is 2.87. The summed E-state index contributed by atoms with van der Waals surface area (Å²) in [5.41, 5.74) is 8.69. The van der Waals surface area contributed by atoms with Crippen LogP contribution in [0.5, 0.6) is 0 Å². The zero-order valence-corrected chi connectivity index (χ0v) is 22.5. The van der Waals surface area contributed by atoms with E-state index in [4.69, 9.17) is 32.2 Å². The van der Waals surface area contributed by atoms with Crippen LogP contribution in [0.4, 0.5) is 0 Å². The smallest absolute Gasteiger partial charge is 2.00 e. The van der Waals surface area contributed by atoms with Gasteiger partial charge in [-0.2, -0.15) is 27.8 Å². The summed E-state index contributed by atoms with van der Waals surface area (Å²) in [7, 11) is 0. The molecule has 1 aliphatic rings. The van der Waals surface area contributed by atoms with Gasteiger partial charge in [-0.25, -0.2) is 0 Å². The fourth-order valence-corrected chi connectivity index (χ4v) is 3.55. The molecule has 1 heterocycles. The van der Waals surface area contributed by atoms with E-state index in [2.05, 4.69) is 73.1 Å². The van der Waals surface area contributed by atoms with E-state index in [9.17, 15) is 0 Å². The van der Waals surface area contributed by atoms with Crippen molar-refractivity contribution in [1.82, 2.24) is 0 Å². The predicted molar refractivity (Wildman–Crippen MR) is 127 cm³/mol. The maximum Gasteiger partial charge on any atom is 2.00 e. The monoisotopic (exact) mass is 503 g/mol. The maximum atomic E-state index is 7.50. The van der Waals surface area contributed by atoms with Crippen LogP contribution in [-0.2, 0) is 26.4 Å². The molecule has 31 heavy (non-hydrogen) atoms. The maximum absolute atomic E-state index is 7.50. The molecule has 0 aromatic heterocycles. The van der Waals surface area contributed by atoms with Crippen molar-refractivity contribution in [3.8, 4) is 0 Å². The van der Waals surface area contributed by atoms with Crippen molar-refractivity contribution in [3.63, 3.8) is 0 Å². The quantitative estimate of drug-likeness (QED) is 0.221. The van der Waals surface area contributed by atoms with Gasteiger partial charge in [0.25, 0.3) is 5.11 Å². The van der Waals surface area contributed by atoms with E-state index in [0.29, 0.717) is 0 Å². The normalized spacial score (nSPS) is 12.3. The van der Waals surface area contributed by atoms with Crippen LogP contribution in [0, 0.1) is 54.8 Å². The average Bonchev–Trinajstić information content (AvgIpc) is 3.35. The summed E-state index contributed by atoms with van der Waals surface area (Å²) >= 11 is 11.5. The number of hydrogen-bond acceptors (Lipinski definition) is 0. The number of benzene rings is 1. The van der Waals surface area contributed by atoms with E-state index in [1.54, 1.807) is 0 Å². The van der Waals surface area contributed by atoms with Gasteiger partial charge in [-0.3, -0.25) is 0 Å². The molecule has 7 heteroatoms. The van der Waals surface area contributed by atoms with Gasteiger partial charge in [0.1, 0.15) is 0 Å². The van der Waals surface area contributed by atoms with Crippen molar-refractivity contribution >= 4 is 34.1 Å². The number of halogens is 2. The Balaban J connectivity index is -0.000000349. The molecule has 0 aliphatic carbocycles. The molecule has 0 spiro atoms. The van der Waals surface area contributed by atoms with E-state index in [1.165, 1.54) is 33.4 Å². The molecule has 0 N–H and O–H groups in total. The third-order valence-electron chi connectivity index (χ3n) is 5.03. The fourth-order valence-electron chi connectivity index (χ4n) is 2.75. The first kappa shape index (κ1) is 34.5. The van der Waals surface area contributed by atoms with Gasteiger partial charge in [0.05, 0.1) is 5.54 Å². The Labute approximate surface area is 209 Å². The summed E-state index contributed by atoms with van der Waals surface area (Å²) in [5, 5.41) is -1.40. The molecule has 0 amide bonds. The topological polar surface area (TPSA) is 42.8 Å². The van der Waals surface area contributed by atoms with Crippen LogP contribution in [-0.4, -0.2) is 21.3 Å². The van der Waals surface area contributed by atoms with Crippen LogP contribution >= 0.6 is 22.9 Å². The second-order valence-electron chi connectivity index (χ2n) is 8.07. The first-order valence-electron chi connectivity index (χ1n) is 9.50. The molecule has 2 aromatic rings. The molecule has 3 rings (SSSR count). The zero-order chi connectivity index (χ0) is 24.3. The molecule has 170 valence electrons. The van der Waals surface area contributed by atoms with E-state index < -0.39 is 5.11 Å². The largest absolute Gasteiger partial charge is 2.00 e. The van der Waals surface area contributed by atoms with Gasteiger partial charge in [-0.15, -0.1) is 0 Å². The van der Waals surface area contributed by atoms with Crippen LogP contribution in [0.1, 0.15) is 54.2 Å². The third kappa shape index (κ3) is 11.9. The molecule has 0 fully saturated rings. The molecular formula is C24H32BCl2FeNO2. The van der Waals surface area contributed by atoms with E-state index in [0.717, 1.165) is 0 Å². The van der Waals surface area contributed by atoms with Gasteiger partial charge in [0, 0.05) is 0 Å². The van der Waals surface area contributed by atoms with E-state index >= 15 is 0 Å². The number of hydrogen-bond donors (Lipinski definition) is 0. The Hall–Kier alpha value is -1.12. The minimum absolute atomic E-state index is 0. The number of aryl methyl sites for hydroxylation is 1. The Bertz CT molecular complexity index is 778. The molecule has 0 radical (unpaired) electrons. The van der Waals surface area contributed by atoms with Crippen molar-refractivity contribution < 1.29 is 30.9 Å². The van der Waals surface area contributed by atoms with E-state index in [1.807, 2.05) is 43.5 Å². The summed E-state index contributed by atoms with van der Waals surface area (Å²) in [4.78, 5) is 0. The second-order valence-corrected chi connectivity index (χ2v) is 9.56. The van der Waals surface area contributed by atoms with Crippen LogP contribution < -0.4 is 0 Å². The molecule has 0 bridgehead atoms. The molecule has 0 saturated heterocycles. The Morgan fingerprint density at radius 3 is 1.29 bits per heavy atom. The van der Waals surface area contributed by atoms with Crippen LogP contribution in [0.15, 0.2) is 30.3 Å². The standard InChI is InChI=1S/C10H15.C7H8.C5H9BCl2N.2CO.Fe/c1-6-7(2)9(4)10(5)8(6)3;1-7-5-3-2-4-6-7;1-5(2,3)9-4-6(9,7)8;2*1-2;/h1-5H3;2-6H,1H3;1-3H3;;;/q-1;;-1;;;+2. The fraction of sp³-hybridized carbons (Fsp3) is 0.417. The number of nitrogens with zero attached hydrogens (tertiary/aromatic N) is 1. The summed E-state index contributed by atoms with van der Waals surface area (Å²) in [5.74, 6) is 0. The third-order valence-corrected chi connectivity index (χ3v) is 5.61. The Morgan fingerprint density at radius 1 is 0.871 bits per heavy atom. The van der Waals surface area contributed by atoms with Crippen molar-refractivity contribution in [2.75, 3.05) is 0 Å².